The number of esters is 1. The molecule has 6 nitrogen and oxygen atoms in total. The Bertz CT molecular complexity index is 1220. The van der Waals surface area contributed by atoms with Crippen molar-refractivity contribution in [3.63, 3.8) is 0 Å². The van der Waals surface area contributed by atoms with E-state index >= 15 is 0 Å². The Morgan fingerprint density at radius 2 is 1.63 bits per heavy atom. The third-order valence-corrected chi connectivity index (χ3v) is 5.99. The summed E-state index contributed by atoms with van der Waals surface area (Å²) in [7, 11) is 1.33. The quantitative estimate of drug-likeness (QED) is 0.382. The van der Waals surface area contributed by atoms with Crippen molar-refractivity contribution in [1.29, 1.82) is 0 Å². The van der Waals surface area contributed by atoms with Crippen LogP contribution >= 0.6 is 11.3 Å². The molecule has 2 aromatic heterocycles. The Kier molecular flexibility index (Phi) is 5.63. The van der Waals surface area contributed by atoms with Gasteiger partial charge in [0.2, 0.25) is 5.91 Å². The monoisotopic (exact) mass is 420 g/mol. The molecule has 4 aromatic rings. The minimum atomic E-state index is -0.470. The maximum atomic E-state index is 13.0. The van der Waals surface area contributed by atoms with Crippen molar-refractivity contribution in [1.82, 2.24) is 9.88 Å². The van der Waals surface area contributed by atoms with E-state index in [4.69, 9.17) is 4.74 Å². The summed E-state index contributed by atoms with van der Waals surface area (Å²) in [4.78, 5) is 38.6. The van der Waals surface area contributed by atoms with Crippen molar-refractivity contribution >= 4 is 45.0 Å². The second kappa shape index (κ2) is 8.51. The first-order valence-corrected chi connectivity index (χ1v) is 10.4. The molecule has 152 valence electrons. The van der Waals surface area contributed by atoms with Crippen LogP contribution in [0.15, 0.2) is 70.8 Å². The predicted molar refractivity (Wildman–Crippen MR) is 118 cm³/mol. The number of para-hydroxylation sites is 2. The standard InChI is InChI=1S/C23H20N2O4S/c1-29-22(27)13-17(20-11-6-12-30-20)24-21(26)14-25-18-9-4-2-7-15(18)23(28)16-8-3-5-10-19(16)25/h2-12,17H,13-14H2,1H3,(H,24,26)/t17-/m0/s1. The predicted octanol–water partition coefficient (Wildman–Crippen LogP) is 3.64. The number of carbonyl (C=O) groups is 2. The number of nitrogens with one attached hydrogen (secondary N) is 1. The van der Waals surface area contributed by atoms with Crippen molar-refractivity contribution in [2.75, 3.05) is 7.11 Å². The molecular weight excluding hydrogens is 400 g/mol. The number of hydrogen-bond acceptors (Lipinski definition) is 5. The highest BCUT2D eigenvalue weighted by Crippen LogP contribution is 2.23. The molecule has 0 saturated carbocycles. The fraction of sp³-hybridized carbons (Fsp3) is 0.174. The topological polar surface area (TPSA) is 77.4 Å². The molecule has 1 atom stereocenters. The van der Waals surface area contributed by atoms with Gasteiger partial charge in [-0.1, -0.05) is 30.3 Å². The summed E-state index contributed by atoms with van der Waals surface area (Å²) in [5, 5.41) is 5.97. The number of pyridine rings is 1. The smallest absolute Gasteiger partial charge is 0.307 e. The highest BCUT2D eigenvalue weighted by Gasteiger charge is 2.21. The van der Waals surface area contributed by atoms with Crippen LogP contribution in [0.5, 0.6) is 0 Å². The summed E-state index contributed by atoms with van der Waals surface area (Å²) in [6, 6.07) is 17.8. The van der Waals surface area contributed by atoms with E-state index in [1.165, 1.54) is 18.4 Å². The van der Waals surface area contributed by atoms with E-state index in [0.717, 1.165) is 4.88 Å². The zero-order chi connectivity index (χ0) is 21.1. The van der Waals surface area contributed by atoms with Gasteiger partial charge in [-0.2, -0.15) is 0 Å². The fourth-order valence-corrected chi connectivity index (χ4v) is 4.37. The summed E-state index contributed by atoms with van der Waals surface area (Å²) in [5.74, 6) is -0.649. The van der Waals surface area contributed by atoms with Gasteiger partial charge < -0.3 is 14.6 Å². The Hall–Kier alpha value is -3.45. The first-order valence-electron chi connectivity index (χ1n) is 9.48. The summed E-state index contributed by atoms with van der Waals surface area (Å²) < 4.78 is 6.62. The highest BCUT2D eigenvalue weighted by molar-refractivity contribution is 7.10. The van der Waals surface area contributed by atoms with E-state index in [-0.39, 0.29) is 24.3 Å². The number of hydrogen-bond donors (Lipinski definition) is 1. The number of amides is 1. The number of benzene rings is 2. The summed E-state index contributed by atoms with van der Waals surface area (Å²) >= 11 is 1.47. The first kappa shape index (κ1) is 19.8. The molecule has 0 unspecified atom stereocenters. The second-order valence-corrected chi connectivity index (χ2v) is 7.84. The average Bonchev–Trinajstić information content (AvgIpc) is 3.31. The molecule has 1 N–H and O–H groups in total. The zero-order valence-electron chi connectivity index (χ0n) is 16.3. The lowest BCUT2D eigenvalue weighted by molar-refractivity contribution is -0.141. The zero-order valence-corrected chi connectivity index (χ0v) is 17.1. The molecule has 2 heterocycles. The van der Waals surface area contributed by atoms with E-state index in [1.807, 2.05) is 58.5 Å². The van der Waals surface area contributed by atoms with E-state index in [2.05, 4.69) is 5.32 Å². The lowest BCUT2D eigenvalue weighted by atomic mass is 10.1. The molecule has 0 aliphatic heterocycles. The number of nitrogens with zero attached hydrogens (tertiary/aromatic N) is 1. The number of methoxy groups -OCH3 is 1. The molecule has 30 heavy (non-hydrogen) atoms. The van der Waals surface area contributed by atoms with Gasteiger partial charge in [-0.15, -0.1) is 11.3 Å². The molecule has 2 aromatic carbocycles. The van der Waals surface area contributed by atoms with Crippen molar-refractivity contribution in [3.8, 4) is 0 Å². The van der Waals surface area contributed by atoms with Crippen molar-refractivity contribution in [2.24, 2.45) is 0 Å². The molecule has 0 bridgehead atoms. The SMILES string of the molecule is COC(=O)C[C@H](NC(=O)Cn1c2ccccc2c(=O)c2ccccc21)c1cccs1. The lowest BCUT2D eigenvalue weighted by Gasteiger charge is -2.19. The number of rotatable bonds is 6. The van der Waals surface area contributed by atoms with Crippen LogP contribution in [0.2, 0.25) is 0 Å². The molecule has 0 aliphatic rings. The number of ether oxygens (including phenoxy) is 1. The summed E-state index contributed by atoms with van der Waals surface area (Å²) in [6.45, 7) is 0.0182. The maximum Gasteiger partial charge on any atom is 0.307 e. The second-order valence-electron chi connectivity index (χ2n) is 6.87. The number of aromatic nitrogens is 1. The van der Waals surface area contributed by atoms with Crippen molar-refractivity contribution in [2.45, 2.75) is 19.0 Å². The van der Waals surface area contributed by atoms with Gasteiger partial charge in [-0.25, -0.2) is 0 Å². The third kappa shape index (κ3) is 3.84. The van der Waals surface area contributed by atoms with E-state index in [9.17, 15) is 14.4 Å². The molecule has 0 radical (unpaired) electrons. The van der Waals surface area contributed by atoms with Gasteiger partial charge in [0.25, 0.3) is 0 Å². The minimum Gasteiger partial charge on any atom is -0.469 e. The molecule has 1 amide bonds. The molecular formula is C23H20N2O4S. The molecule has 4 rings (SSSR count). The molecule has 0 fully saturated rings. The van der Waals surface area contributed by atoms with Gasteiger partial charge in [0, 0.05) is 15.6 Å². The van der Waals surface area contributed by atoms with E-state index in [1.54, 1.807) is 12.1 Å². The number of fused-ring (bicyclic) bond motifs is 2. The lowest BCUT2D eigenvalue weighted by Crippen LogP contribution is -2.33. The summed E-state index contributed by atoms with van der Waals surface area (Å²) in [6.07, 6.45) is 0.0500. The highest BCUT2D eigenvalue weighted by atomic mass is 32.1. The van der Waals surface area contributed by atoms with Crippen molar-refractivity contribution < 1.29 is 14.3 Å². The van der Waals surface area contributed by atoms with Gasteiger partial charge >= 0.3 is 5.97 Å². The van der Waals surface area contributed by atoms with Crippen LogP contribution in [0.4, 0.5) is 0 Å². The Balaban J connectivity index is 1.71. The van der Waals surface area contributed by atoms with Gasteiger partial charge in [-0.05, 0) is 35.7 Å². The van der Waals surface area contributed by atoms with E-state index < -0.39 is 12.0 Å². The maximum absolute atomic E-state index is 13.0. The van der Waals surface area contributed by atoms with Crippen LogP contribution in [0, 0.1) is 0 Å². The molecule has 0 aliphatic carbocycles. The summed E-state index contributed by atoms with van der Waals surface area (Å²) in [5.41, 5.74) is 1.33. The van der Waals surface area contributed by atoms with Crippen molar-refractivity contribution in [3.05, 3.63) is 81.1 Å². The molecule has 0 spiro atoms. The van der Waals surface area contributed by atoms with Crippen LogP contribution in [0.25, 0.3) is 21.8 Å². The average molecular weight is 420 g/mol. The molecule has 0 saturated heterocycles. The minimum absolute atomic E-state index is 0.0182. The Morgan fingerprint density at radius 3 is 2.20 bits per heavy atom. The van der Waals surface area contributed by atoms with Gasteiger partial charge in [0.15, 0.2) is 5.43 Å². The van der Waals surface area contributed by atoms with Crippen LogP contribution in [0.1, 0.15) is 17.3 Å². The number of carbonyl (C=O) groups excluding carboxylic acids is 2. The van der Waals surface area contributed by atoms with Gasteiger partial charge in [0.1, 0.15) is 6.54 Å². The first-order chi connectivity index (χ1) is 14.6. The van der Waals surface area contributed by atoms with Crippen LogP contribution < -0.4 is 10.7 Å². The van der Waals surface area contributed by atoms with Crippen LogP contribution in [0.3, 0.4) is 0 Å². The van der Waals surface area contributed by atoms with Gasteiger partial charge in [0.05, 0.1) is 30.6 Å². The van der Waals surface area contributed by atoms with Crippen LogP contribution in [-0.4, -0.2) is 23.6 Å². The largest absolute Gasteiger partial charge is 0.469 e. The Labute approximate surface area is 176 Å². The molecule has 7 heteroatoms. The third-order valence-electron chi connectivity index (χ3n) is 5.00. The van der Waals surface area contributed by atoms with E-state index in [0.29, 0.717) is 21.8 Å². The Morgan fingerprint density at radius 1 is 1.00 bits per heavy atom. The normalized spacial score (nSPS) is 12.0. The number of thiophene rings is 1. The fourth-order valence-electron chi connectivity index (χ4n) is 3.59. The van der Waals surface area contributed by atoms with Gasteiger partial charge in [-0.3, -0.25) is 14.4 Å². The van der Waals surface area contributed by atoms with Crippen LogP contribution in [-0.2, 0) is 20.9 Å².